The Balaban J connectivity index is 1.55. The number of carbonyl (C=O) groups excluding carboxylic acids is 1. The van der Waals surface area contributed by atoms with Crippen LogP contribution in [-0.4, -0.2) is 38.9 Å². The van der Waals surface area contributed by atoms with Gasteiger partial charge in [0, 0.05) is 13.1 Å². The molecule has 0 radical (unpaired) electrons. The number of amides is 1. The Bertz CT molecular complexity index is 600. The molecule has 0 saturated carbocycles. The van der Waals surface area contributed by atoms with Gasteiger partial charge in [0.05, 0.1) is 24.9 Å². The fraction of sp³-hybridized carbons (Fsp3) is 0.438. The van der Waals surface area contributed by atoms with Gasteiger partial charge in [-0.25, -0.2) is 0 Å². The van der Waals surface area contributed by atoms with E-state index in [2.05, 4.69) is 29.3 Å². The minimum Gasteiger partial charge on any atom is -0.342 e. The summed E-state index contributed by atoms with van der Waals surface area (Å²) in [5.41, 5.74) is 2.29. The van der Waals surface area contributed by atoms with Crippen molar-refractivity contribution in [2.24, 2.45) is 0 Å². The molecule has 0 spiro atoms. The summed E-state index contributed by atoms with van der Waals surface area (Å²) in [6.45, 7) is 3.63. The van der Waals surface area contributed by atoms with Gasteiger partial charge in [0.25, 0.3) is 0 Å². The first kappa shape index (κ1) is 13.8. The predicted molar refractivity (Wildman–Crippen MR) is 79.8 cm³/mol. The number of rotatable bonds is 3. The second-order valence-corrected chi connectivity index (χ2v) is 5.63. The van der Waals surface area contributed by atoms with Crippen LogP contribution < -0.4 is 0 Å². The zero-order valence-corrected chi connectivity index (χ0v) is 12.3. The average molecular weight is 284 g/mol. The third-order valence-electron chi connectivity index (χ3n) is 4.02. The number of nitrogens with zero attached hydrogens (tertiary/aromatic N) is 4. The average Bonchev–Trinajstić information content (AvgIpc) is 3.01. The number of benzene rings is 1. The van der Waals surface area contributed by atoms with Crippen LogP contribution in [-0.2, 0) is 11.2 Å². The summed E-state index contributed by atoms with van der Waals surface area (Å²) >= 11 is 0. The highest BCUT2D eigenvalue weighted by atomic mass is 16.2. The highest BCUT2D eigenvalue weighted by molar-refractivity contribution is 5.78. The fourth-order valence-corrected chi connectivity index (χ4v) is 2.87. The molecule has 21 heavy (non-hydrogen) atoms. The van der Waals surface area contributed by atoms with Gasteiger partial charge < -0.3 is 4.90 Å². The molecule has 3 rings (SSSR count). The van der Waals surface area contributed by atoms with E-state index in [4.69, 9.17) is 0 Å². The zero-order chi connectivity index (χ0) is 14.7. The van der Waals surface area contributed by atoms with E-state index in [0.717, 1.165) is 31.5 Å². The van der Waals surface area contributed by atoms with E-state index in [-0.39, 0.29) is 5.91 Å². The van der Waals surface area contributed by atoms with Gasteiger partial charge in [0.2, 0.25) is 5.91 Å². The molecule has 1 saturated heterocycles. The molecule has 1 amide bonds. The maximum absolute atomic E-state index is 12.4. The van der Waals surface area contributed by atoms with Crippen molar-refractivity contribution < 1.29 is 4.79 Å². The van der Waals surface area contributed by atoms with Crippen molar-refractivity contribution in [3.63, 3.8) is 0 Å². The Morgan fingerprint density at radius 2 is 1.95 bits per heavy atom. The van der Waals surface area contributed by atoms with Crippen LogP contribution in [0.2, 0.25) is 0 Å². The standard InChI is InChI=1S/C16H20N4O/c1-13-3-2-4-14(11-13)12-16(21)19-9-5-15(6-10-19)20-17-7-8-18-20/h2-4,7-8,11,15H,5-6,9-10,12H2,1H3. The van der Waals surface area contributed by atoms with Crippen molar-refractivity contribution >= 4 is 5.91 Å². The van der Waals surface area contributed by atoms with Gasteiger partial charge in [0.1, 0.15) is 0 Å². The Hall–Kier alpha value is -2.17. The molecule has 1 fully saturated rings. The van der Waals surface area contributed by atoms with E-state index < -0.39 is 0 Å². The molecular formula is C16H20N4O. The minimum atomic E-state index is 0.215. The van der Waals surface area contributed by atoms with E-state index >= 15 is 0 Å². The van der Waals surface area contributed by atoms with Crippen LogP contribution in [0.15, 0.2) is 36.7 Å². The van der Waals surface area contributed by atoms with Gasteiger partial charge in [-0.1, -0.05) is 29.8 Å². The Morgan fingerprint density at radius 3 is 2.62 bits per heavy atom. The monoisotopic (exact) mass is 284 g/mol. The second kappa shape index (κ2) is 6.08. The molecule has 2 aromatic rings. The van der Waals surface area contributed by atoms with E-state index in [1.165, 1.54) is 5.56 Å². The number of aryl methyl sites for hydroxylation is 1. The lowest BCUT2D eigenvalue weighted by molar-refractivity contribution is -0.131. The second-order valence-electron chi connectivity index (χ2n) is 5.63. The van der Waals surface area contributed by atoms with E-state index in [1.807, 2.05) is 17.0 Å². The number of carbonyl (C=O) groups is 1. The van der Waals surface area contributed by atoms with Crippen molar-refractivity contribution in [1.82, 2.24) is 19.9 Å². The Labute approximate surface area is 124 Å². The Kier molecular flexibility index (Phi) is 3.99. The van der Waals surface area contributed by atoms with E-state index in [9.17, 15) is 4.79 Å². The molecule has 0 atom stereocenters. The summed E-state index contributed by atoms with van der Waals surface area (Å²) in [6.07, 6.45) is 5.75. The number of piperidine rings is 1. The van der Waals surface area contributed by atoms with Crippen molar-refractivity contribution in [1.29, 1.82) is 0 Å². The summed E-state index contributed by atoms with van der Waals surface area (Å²) in [4.78, 5) is 16.1. The normalized spacial score (nSPS) is 16.1. The topological polar surface area (TPSA) is 51.0 Å². The molecule has 110 valence electrons. The lowest BCUT2D eigenvalue weighted by Crippen LogP contribution is -2.40. The van der Waals surface area contributed by atoms with Crippen LogP contribution in [0, 0.1) is 6.92 Å². The van der Waals surface area contributed by atoms with E-state index in [1.54, 1.807) is 17.2 Å². The maximum atomic E-state index is 12.4. The largest absolute Gasteiger partial charge is 0.342 e. The zero-order valence-electron chi connectivity index (χ0n) is 12.3. The van der Waals surface area contributed by atoms with Gasteiger partial charge in [-0.3, -0.25) is 4.79 Å². The summed E-state index contributed by atoms with van der Waals surface area (Å²) < 4.78 is 0. The lowest BCUT2D eigenvalue weighted by atomic mass is 10.0. The first-order valence-corrected chi connectivity index (χ1v) is 7.41. The minimum absolute atomic E-state index is 0.215. The third kappa shape index (κ3) is 3.29. The van der Waals surface area contributed by atoms with Crippen LogP contribution in [0.4, 0.5) is 0 Å². The number of hydrogen-bond donors (Lipinski definition) is 0. The number of hydrogen-bond acceptors (Lipinski definition) is 3. The molecule has 0 aliphatic carbocycles. The fourth-order valence-electron chi connectivity index (χ4n) is 2.87. The van der Waals surface area contributed by atoms with Crippen LogP contribution >= 0.6 is 0 Å². The summed E-state index contributed by atoms with van der Waals surface area (Å²) in [5, 5.41) is 8.38. The van der Waals surface area contributed by atoms with E-state index in [0.29, 0.717) is 12.5 Å². The summed E-state index contributed by atoms with van der Waals surface area (Å²) in [6, 6.07) is 8.48. The summed E-state index contributed by atoms with van der Waals surface area (Å²) in [5.74, 6) is 0.215. The van der Waals surface area contributed by atoms with Crippen LogP contribution in [0.1, 0.15) is 30.0 Å². The van der Waals surface area contributed by atoms with Crippen LogP contribution in [0.25, 0.3) is 0 Å². The third-order valence-corrected chi connectivity index (χ3v) is 4.02. The molecular weight excluding hydrogens is 264 g/mol. The van der Waals surface area contributed by atoms with Crippen LogP contribution in [0.3, 0.4) is 0 Å². The quantitative estimate of drug-likeness (QED) is 0.866. The molecule has 5 heteroatoms. The highest BCUT2D eigenvalue weighted by Crippen LogP contribution is 2.21. The van der Waals surface area contributed by atoms with Crippen molar-refractivity contribution in [2.75, 3.05) is 13.1 Å². The molecule has 1 aromatic carbocycles. The maximum Gasteiger partial charge on any atom is 0.226 e. The van der Waals surface area contributed by atoms with Gasteiger partial charge in [0.15, 0.2) is 0 Å². The number of likely N-dealkylation sites (tertiary alicyclic amines) is 1. The molecule has 2 heterocycles. The van der Waals surface area contributed by atoms with Crippen molar-refractivity contribution in [3.05, 3.63) is 47.8 Å². The van der Waals surface area contributed by atoms with Crippen molar-refractivity contribution in [3.8, 4) is 0 Å². The lowest BCUT2D eigenvalue weighted by Gasteiger charge is -2.31. The SMILES string of the molecule is Cc1cccc(CC(=O)N2CCC(n3nccn3)CC2)c1. The first-order chi connectivity index (χ1) is 10.2. The Morgan fingerprint density at radius 1 is 1.24 bits per heavy atom. The first-order valence-electron chi connectivity index (χ1n) is 7.41. The van der Waals surface area contributed by atoms with Gasteiger partial charge in [-0.2, -0.15) is 15.0 Å². The number of aromatic nitrogens is 3. The molecule has 0 bridgehead atoms. The summed E-state index contributed by atoms with van der Waals surface area (Å²) in [7, 11) is 0. The highest BCUT2D eigenvalue weighted by Gasteiger charge is 2.24. The predicted octanol–water partition coefficient (Wildman–Crippen LogP) is 1.99. The molecule has 1 aromatic heterocycles. The molecule has 1 aliphatic heterocycles. The van der Waals surface area contributed by atoms with Gasteiger partial charge in [-0.05, 0) is 25.3 Å². The van der Waals surface area contributed by atoms with Crippen molar-refractivity contribution in [2.45, 2.75) is 32.2 Å². The van der Waals surface area contributed by atoms with Crippen LogP contribution in [0.5, 0.6) is 0 Å². The molecule has 0 unspecified atom stereocenters. The molecule has 1 aliphatic rings. The van der Waals surface area contributed by atoms with Gasteiger partial charge >= 0.3 is 0 Å². The molecule has 5 nitrogen and oxygen atoms in total. The smallest absolute Gasteiger partial charge is 0.226 e. The van der Waals surface area contributed by atoms with Gasteiger partial charge in [-0.15, -0.1) is 0 Å². The molecule has 0 N–H and O–H groups in total.